The first-order valence-corrected chi connectivity index (χ1v) is 6.74. The van der Waals surface area contributed by atoms with Crippen molar-refractivity contribution in [3.05, 3.63) is 64.4 Å². The lowest BCUT2D eigenvalue weighted by atomic mass is 10.1. The highest BCUT2D eigenvalue weighted by Gasteiger charge is 2.19. The van der Waals surface area contributed by atoms with Crippen LogP contribution in [0, 0.1) is 5.82 Å². The minimum Gasteiger partial charge on any atom is -0.309 e. The molecule has 0 heterocycles. The fraction of sp³-hybridized carbons (Fsp3) is 0.133. The molecule has 0 radical (unpaired) electrons. The summed E-state index contributed by atoms with van der Waals surface area (Å²) in [5.41, 5.74) is 0.839. The molecule has 0 atom stereocenters. The van der Waals surface area contributed by atoms with E-state index in [0.717, 1.165) is 5.69 Å². The Morgan fingerprint density at radius 3 is 2.47 bits per heavy atom. The highest BCUT2D eigenvalue weighted by molar-refractivity contribution is 9.10. The van der Waals surface area contributed by atoms with E-state index in [2.05, 4.69) is 15.9 Å². The summed E-state index contributed by atoms with van der Waals surface area (Å²) in [6.07, 6.45) is 0. The monoisotopic (exact) mass is 321 g/mol. The summed E-state index contributed by atoms with van der Waals surface area (Å²) in [6, 6.07) is 13.7. The highest BCUT2D eigenvalue weighted by atomic mass is 79.9. The second-order valence-corrected chi connectivity index (χ2v) is 4.92. The topological polar surface area (TPSA) is 20.3 Å². The number of amides is 1. The minimum absolute atomic E-state index is 0.0777. The summed E-state index contributed by atoms with van der Waals surface area (Å²) in [6.45, 7) is 2.35. The van der Waals surface area contributed by atoms with Crippen molar-refractivity contribution in [2.75, 3.05) is 11.4 Å². The molecule has 2 aromatic rings. The number of halogens is 2. The van der Waals surface area contributed by atoms with E-state index in [9.17, 15) is 9.18 Å². The fourth-order valence-corrected chi connectivity index (χ4v) is 2.19. The van der Waals surface area contributed by atoms with Gasteiger partial charge in [0.25, 0.3) is 5.91 Å². The van der Waals surface area contributed by atoms with Crippen LogP contribution in [0.25, 0.3) is 0 Å². The lowest BCUT2D eigenvalue weighted by Crippen LogP contribution is -2.31. The smallest absolute Gasteiger partial charge is 0.261 e. The zero-order chi connectivity index (χ0) is 13.8. The Morgan fingerprint density at radius 2 is 1.89 bits per heavy atom. The van der Waals surface area contributed by atoms with E-state index in [-0.39, 0.29) is 11.5 Å². The van der Waals surface area contributed by atoms with Crippen LogP contribution in [-0.2, 0) is 0 Å². The van der Waals surface area contributed by atoms with Crippen molar-refractivity contribution in [1.82, 2.24) is 0 Å². The molecule has 0 N–H and O–H groups in total. The van der Waals surface area contributed by atoms with Crippen molar-refractivity contribution < 1.29 is 9.18 Å². The largest absolute Gasteiger partial charge is 0.309 e. The molecule has 0 saturated carbocycles. The number of hydrogen-bond acceptors (Lipinski definition) is 1. The molecule has 0 bridgehead atoms. The van der Waals surface area contributed by atoms with Gasteiger partial charge in [-0.3, -0.25) is 4.79 Å². The summed E-state index contributed by atoms with van der Waals surface area (Å²) >= 11 is 3.18. The second kappa shape index (κ2) is 5.97. The van der Waals surface area contributed by atoms with E-state index in [4.69, 9.17) is 0 Å². The van der Waals surface area contributed by atoms with Gasteiger partial charge in [-0.1, -0.05) is 34.1 Å². The van der Waals surface area contributed by atoms with Crippen LogP contribution in [0.1, 0.15) is 17.3 Å². The van der Waals surface area contributed by atoms with E-state index in [1.54, 1.807) is 11.0 Å². The van der Waals surface area contributed by atoms with Gasteiger partial charge >= 0.3 is 0 Å². The van der Waals surface area contributed by atoms with Crippen molar-refractivity contribution in [1.29, 1.82) is 0 Å². The van der Waals surface area contributed by atoms with Crippen molar-refractivity contribution in [3.63, 3.8) is 0 Å². The molecule has 0 aliphatic heterocycles. The van der Waals surface area contributed by atoms with E-state index < -0.39 is 5.82 Å². The molecule has 2 nitrogen and oxygen atoms in total. The van der Waals surface area contributed by atoms with Crippen LogP contribution >= 0.6 is 15.9 Å². The van der Waals surface area contributed by atoms with Crippen molar-refractivity contribution >= 4 is 27.5 Å². The van der Waals surface area contributed by atoms with Crippen molar-refractivity contribution in [2.24, 2.45) is 0 Å². The van der Waals surface area contributed by atoms with Crippen LogP contribution in [0.5, 0.6) is 0 Å². The van der Waals surface area contributed by atoms with Crippen LogP contribution in [-0.4, -0.2) is 12.5 Å². The predicted molar refractivity (Wildman–Crippen MR) is 77.9 cm³/mol. The zero-order valence-corrected chi connectivity index (χ0v) is 12.0. The highest BCUT2D eigenvalue weighted by Crippen LogP contribution is 2.20. The Morgan fingerprint density at radius 1 is 1.21 bits per heavy atom. The quantitative estimate of drug-likeness (QED) is 0.827. The number of para-hydroxylation sites is 1. The third-order valence-corrected chi connectivity index (χ3v) is 3.28. The van der Waals surface area contributed by atoms with Gasteiger partial charge in [-0.2, -0.15) is 0 Å². The molecule has 0 spiro atoms. The summed E-state index contributed by atoms with van der Waals surface area (Å²) in [5.74, 6) is -0.854. The van der Waals surface area contributed by atoms with Gasteiger partial charge in [0.1, 0.15) is 5.82 Å². The van der Waals surface area contributed by atoms with Gasteiger partial charge < -0.3 is 4.90 Å². The van der Waals surface area contributed by atoms with Crippen molar-refractivity contribution in [3.8, 4) is 0 Å². The standard InChI is InChI=1S/C15H13BrFNO/c1-2-18(12-6-4-3-5-7-12)15(19)13-9-8-11(16)10-14(13)17/h3-10H,2H2,1H3. The molecule has 0 fully saturated rings. The maximum atomic E-state index is 13.8. The fourth-order valence-electron chi connectivity index (χ4n) is 1.86. The number of carbonyl (C=O) groups excluding carboxylic acids is 1. The summed E-state index contributed by atoms with van der Waals surface area (Å²) < 4.78 is 14.5. The van der Waals surface area contributed by atoms with Crippen molar-refractivity contribution in [2.45, 2.75) is 6.92 Å². The van der Waals surface area contributed by atoms with Crippen LogP contribution in [0.2, 0.25) is 0 Å². The first-order chi connectivity index (χ1) is 9.13. The number of benzene rings is 2. The minimum atomic E-state index is -0.520. The summed E-state index contributed by atoms with van der Waals surface area (Å²) in [7, 11) is 0. The first-order valence-electron chi connectivity index (χ1n) is 5.95. The van der Waals surface area contributed by atoms with Gasteiger partial charge in [0.05, 0.1) is 5.56 Å². The van der Waals surface area contributed by atoms with Crippen LogP contribution in [0.4, 0.5) is 10.1 Å². The molecule has 4 heteroatoms. The van der Waals surface area contributed by atoms with Crippen LogP contribution < -0.4 is 4.90 Å². The van der Waals surface area contributed by atoms with E-state index in [1.807, 2.05) is 37.3 Å². The van der Waals surface area contributed by atoms with E-state index >= 15 is 0 Å². The van der Waals surface area contributed by atoms with Gasteiger partial charge in [0.15, 0.2) is 0 Å². The maximum absolute atomic E-state index is 13.8. The molecule has 0 aliphatic rings. The predicted octanol–water partition coefficient (Wildman–Crippen LogP) is 4.25. The molecule has 98 valence electrons. The zero-order valence-electron chi connectivity index (χ0n) is 10.4. The maximum Gasteiger partial charge on any atom is 0.261 e. The summed E-state index contributed by atoms with van der Waals surface area (Å²) in [5, 5.41) is 0. The lowest BCUT2D eigenvalue weighted by Gasteiger charge is -2.21. The van der Waals surface area contributed by atoms with Crippen LogP contribution in [0.3, 0.4) is 0 Å². The van der Waals surface area contributed by atoms with Gasteiger partial charge in [-0.15, -0.1) is 0 Å². The normalized spacial score (nSPS) is 10.3. The van der Waals surface area contributed by atoms with E-state index in [1.165, 1.54) is 12.1 Å². The first kappa shape index (κ1) is 13.7. The SMILES string of the molecule is CCN(C(=O)c1ccc(Br)cc1F)c1ccccc1. The Balaban J connectivity index is 2.36. The van der Waals surface area contributed by atoms with Crippen LogP contribution in [0.15, 0.2) is 53.0 Å². The van der Waals surface area contributed by atoms with Gasteiger partial charge in [-0.05, 0) is 37.3 Å². The van der Waals surface area contributed by atoms with E-state index in [0.29, 0.717) is 11.0 Å². The number of anilines is 1. The average molecular weight is 322 g/mol. The summed E-state index contributed by atoms with van der Waals surface area (Å²) in [4.78, 5) is 13.9. The lowest BCUT2D eigenvalue weighted by molar-refractivity contribution is 0.0984. The molecule has 0 unspecified atom stereocenters. The number of nitrogens with zero attached hydrogens (tertiary/aromatic N) is 1. The number of hydrogen-bond donors (Lipinski definition) is 0. The molecular weight excluding hydrogens is 309 g/mol. The number of rotatable bonds is 3. The molecule has 19 heavy (non-hydrogen) atoms. The average Bonchev–Trinajstić information content (AvgIpc) is 2.40. The second-order valence-electron chi connectivity index (χ2n) is 4.01. The third kappa shape index (κ3) is 3.01. The number of carbonyl (C=O) groups is 1. The Bertz CT molecular complexity index is 586. The Kier molecular flexibility index (Phi) is 4.32. The molecule has 0 aromatic heterocycles. The molecule has 2 aromatic carbocycles. The van der Waals surface area contributed by atoms with Gasteiger partial charge in [0.2, 0.25) is 0 Å². The molecule has 2 rings (SSSR count). The molecule has 1 amide bonds. The third-order valence-electron chi connectivity index (χ3n) is 2.79. The molecule has 0 saturated heterocycles. The Labute approximate surface area is 120 Å². The molecular formula is C15H13BrFNO. The molecule has 0 aliphatic carbocycles. The van der Waals surface area contributed by atoms with Gasteiger partial charge in [-0.25, -0.2) is 4.39 Å². The Hall–Kier alpha value is -1.68. The van der Waals surface area contributed by atoms with Gasteiger partial charge in [0, 0.05) is 16.7 Å².